The zero-order chi connectivity index (χ0) is 16.2. The van der Waals surface area contributed by atoms with Crippen molar-refractivity contribution < 1.29 is 22.7 Å². The number of esters is 1. The second-order valence-corrected chi connectivity index (χ2v) is 5.23. The van der Waals surface area contributed by atoms with Crippen LogP contribution in [0.1, 0.15) is 16.5 Å². The summed E-state index contributed by atoms with van der Waals surface area (Å²) in [6, 6.07) is 9.35. The molecule has 4 nitrogen and oxygen atoms in total. The number of halogens is 3. The Morgan fingerprint density at radius 2 is 1.91 bits per heavy atom. The van der Waals surface area contributed by atoms with Crippen LogP contribution in [0.15, 0.2) is 47.8 Å². The first-order valence-corrected chi connectivity index (χ1v) is 6.99. The fraction of sp³-hybridized carbons (Fsp3) is 0.214. The van der Waals surface area contributed by atoms with E-state index in [-0.39, 0.29) is 5.16 Å². The van der Waals surface area contributed by atoms with Crippen LogP contribution in [0.4, 0.5) is 13.2 Å². The molecule has 1 aromatic carbocycles. The second-order valence-electron chi connectivity index (χ2n) is 4.15. The van der Waals surface area contributed by atoms with Gasteiger partial charge in [-0.15, -0.1) is 0 Å². The first-order valence-electron chi connectivity index (χ1n) is 6.11. The normalized spacial score (nSPS) is 12.7. The third-order valence-electron chi connectivity index (χ3n) is 2.66. The zero-order valence-corrected chi connectivity index (χ0v) is 12.2. The summed E-state index contributed by atoms with van der Waals surface area (Å²) in [6.07, 6.45) is -3.55. The summed E-state index contributed by atoms with van der Waals surface area (Å²) < 4.78 is 42.7. The van der Waals surface area contributed by atoms with E-state index in [1.807, 2.05) is 0 Å². The van der Waals surface area contributed by atoms with Gasteiger partial charge < -0.3 is 4.74 Å². The number of ether oxygens (including phenoxy) is 1. The minimum absolute atomic E-state index is 0.144. The van der Waals surface area contributed by atoms with Gasteiger partial charge in [-0.3, -0.25) is 4.79 Å². The third kappa shape index (κ3) is 3.97. The Hall–Kier alpha value is -2.09. The van der Waals surface area contributed by atoms with Crippen molar-refractivity contribution in [3.05, 3.63) is 53.9 Å². The molecule has 1 unspecified atom stereocenters. The molecule has 0 N–H and O–H groups in total. The molecule has 1 aromatic heterocycles. The van der Waals surface area contributed by atoms with E-state index in [4.69, 9.17) is 4.74 Å². The van der Waals surface area contributed by atoms with Gasteiger partial charge in [0, 0.05) is 6.20 Å². The lowest BCUT2D eigenvalue weighted by molar-refractivity contribution is -0.141. The van der Waals surface area contributed by atoms with Gasteiger partial charge in [0.25, 0.3) is 0 Å². The van der Waals surface area contributed by atoms with Crippen LogP contribution in [0.2, 0.25) is 0 Å². The fourth-order valence-electron chi connectivity index (χ4n) is 1.65. The first kappa shape index (κ1) is 16.3. The smallest absolute Gasteiger partial charge is 0.433 e. The molecular formula is C14H11F3N2O2S. The highest BCUT2D eigenvalue weighted by atomic mass is 32.2. The van der Waals surface area contributed by atoms with Crippen LogP contribution < -0.4 is 0 Å². The van der Waals surface area contributed by atoms with Crippen LogP contribution in [-0.4, -0.2) is 23.0 Å². The summed E-state index contributed by atoms with van der Waals surface area (Å²) in [4.78, 5) is 19.1. The van der Waals surface area contributed by atoms with E-state index in [1.165, 1.54) is 7.11 Å². The summed E-state index contributed by atoms with van der Waals surface area (Å²) in [5.74, 6) is -0.586. The van der Waals surface area contributed by atoms with E-state index >= 15 is 0 Å². The standard InChI is InChI=1S/C14H11F3N2O2S/c1-21-12(20)11(9-5-3-2-4-6-9)22-13-18-8-7-10(19-13)14(15,16)17/h2-8,11H,1H3. The zero-order valence-electron chi connectivity index (χ0n) is 11.4. The SMILES string of the molecule is COC(=O)C(Sc1nccc(C(F)(F)F)n1)c1ccccc1. The van der Waals surface area contributed by atoms with Gasteiger partial charge >= 0.3 is 12.1 Å². The van der Waals surface area contributed by atoms with Crippen molar-refractivity contribution in [3.8, 4) is 0 Å². The number of rotatable bonds is 4. The Morgan fingerprint density at radius 3 is 2.50 bits per heavy atom. The van der Waals surface area contributed by atoms with E-state index in [2.05, 4.69) is 9.97 Å². The monoisotopic (exact) mass is 328 g/mol. The Labute approximate surface area is 128 Å². The summed E-state index contributed by atoms with van der Waals surface area (Å²) in [5.41, 5.74) is -0.456. The van der Waals surface area contributed by atoms with Gasteiger partial charge in [-0.2, -0.15) is 13.2 Å². The number of alkyl halides is 3. The Bertz CT molecular complexity index is 650. The summed E-state index contributed by atoms with van der Waals surface area (Å²) >= 11 is 0.808. The van der Waals surface area contributed by atoms with Gasteiger partial charge in [0.05, 0.1) is 7.11 Å². The second kappa shape index (κ2) is 6.78. The predicted octanol–water partition coefficient (Wildman–Crippen LogP) is 3.50. The molecule has 1 heterocycles. The van der Waals surface area contributed by atoms with E-state index in [0.717, 1.165) is 24.0 Å². The first-order chi connectivity index (χ1) is 10.4. The quantitative estimate of drug-likeness (QED) is 0.488. The lowest BCUT2D eigenvalue weighted by Crippen LogP contribution is -2.13. The van der Waals surface area contributed by atoms with Crippen molar-refractivity contribution in [1.82, 2.24) is 9.97 Å². The molecule has 8 heteroatoms. The number of hydrogen-bond acceptors (Lipinski definition) is 5. The van der Waals surface area contributed by atoms with Crippen molar-refractivity contribution in [1.29, 1.82) is 0 Å². The van der Waals surface area contributed by atoms with E-state index in [9.17, 15) is 18.0 Å². The van der Waals surface area contributed by atoms with Crippen molar-refractivity contribution in [2.24, 2.45) is 0 Å². The van der Waals surface area contributed by atoms with Gasteiger partial charge in [-0.25, -0.2) is 9.97 Å². The minimum Gasteiger partial charge on any atom is -0.468 e. The number of carbonyl (C=O) groups excluding carboxylic acids is 1. The highest BCUT2D eigenvalue weighted by molar-refractivity contribution is 8.00. The third-order valence-corrected chi connectivity index (χ3v) is 3.77. The lowest BCUT2D eigenvalue weighted by Gasteiger charge is -2.14. The maximum Gasteiger partial charge on any atom is 0.433 e. The van der Waals surface area contributed by atoms with Crippen LogP contribution in [-0.2, 0) is 15.7 Å². The maximum atomic E-state index is 12.7. The molecular weight excluding hydrogens is 317 g/mol. The van der Waals surface area contributed by atoms with Gasteiger partial charge in [0.1, 0.15) is 10.9 Å². The van der Waals surface area contributed by atoms with E-state index in [0.29, 0.717) is 5.56 Å². The molecule has 0 radical (unpaired) electrons. The molecule has 0 aliphatic heterocycles. The summed E-state index contributed by atoms with van der Waals surface area (Å²) in [6.45, 7) is 0. The number of aromatic nitrogens is 2. The highest BCUT2D eigenvalue weighted by Crippen LogP contribution is 2.35. The molecule has 2 aromatic rings. The number of methoxy groups -OCH3 is 1. The van der Waals surface area contributed by atoms with Crippen LogP contribution in [0, 0.1) is 0 Å². The minimum atomic E-state index is -4.56. The average Bonchev–Trinajstić information content (AvgIpc) is 2.52. The van der Waals surface area contributed by atoms with Crippen molar-refractivity contribution in [2.45, 2.75) is 16.6 Å². The van der Waals surface area contributed by atoms with Gasteiger partial charge in [-0.05, 0) is 11.6 Å². The van der Waals surface area contributed by atoms with Crippen molar-refractivity contribution >= 4 is 17.7 Å². The average molecular weight is 328 g/mol. The Balaban J connectivity index is 2.30. The summed E-state index contributed by atoms with van der Waals surface area (Å²) in [5, 5.41) is -0.983. The predicted molar refractivity (Wildman–Crippen MR) is 74.1 cm³/mol. The molecule has 0 spiro atoms. The molecule has 0 saturated carbocycles. The van der Waals surface area contributed by atoms with Crippen LogP contribution >= 0.6 is 11.8 Å². The largest absolute Gasteiger partial charge is 0.468 e. The number of hydrogen-bond donors (Lipinski definition) is 0. The summed E-state index contributed by atoms with van der Waals surface area (Å²) in [7, 11) is 1.21. The molecule has 0 amide bonds. The van der Waals surface area contributed by atoms with E-state index in [1.54, 1.807) is 30.3 Å². The topological polar surface area (TPSA) is 52.1 Å². The van der Waals surface area contributed by atoms with Crippen molar-refractivity contribution in [3.63, 3.8) is 0 Å². The molecule has 0 aliphatic carbocycles. The number of thioether (sulfide) groups is 1. The lowest BCUT2D eigenvalue weighted by atomic mass is 10.1. The molecule has 0 fully saturated rings. The number of benzene rings is 1. The molecule has 2 rings (SSSR count). The molecule has 0 saturated heterocycles. The number of nitrogens with zero attached hydrogens (tertiary/aromatic N) is 2. The van der Waals surface area contributed by atoms with Gasteiger partial charge in [0.15, 0.2) is 5.16 Å². The molecule has 22 heavy (non-hydrogen) atoms. The molecule has 116 valence electrons. The van der Waals surface area contributed by atoms with Gasteiger partial charge in [0.2, 0.25) is 0 Å². The highest BCUT2D eigenvalue weighted by Gasteiger charge is 2.33. The number of carbonyl (C=O) groups is 1. The van der Waals surface area contributed by atoms with Crippen LogP contribution in [0.3, 0.4) is 0 Å². The molecule has 1 atom stereocenters. The maximum absolute atomic E-state index is 12.7. The van der Waals surface area contributed by atoms with Gasteiger partial charge in [-0.1, -0.05) is 42.1 Å². The van der Waals surface area contributed by atoms with E-state index < -0.39 is 23.1 Å². The molecule has 0 aliphatic rings. The van der Waals surface area contributed by atoms with Crippen LogP contribution in [0.25, 0.3) is 0 Å². The van der Waals surface area contributed by atoms with Crippen LogP contribution in [0.5, 0.6) is 0 Å². The van der Waals surface area contributed by atoms with Crippen molar-refractivity contribution in [2.75, 3.05) is 7.11 Å². The molecule has 0 bridgehead atoms. The Kier molecular flexibility index (Phi) is 5.02. The Morgan fingerprint density at radius 1 is 1.23 bits per heavy atom. The fourth-order valence-corrected chi connectivity index (χ4v) is 2.62.